The highest BCUT2D eigenvalue weighted by Crippen LogP contribution is 2.55. The molecule has 4 heteroatoms. The minimum atomic E-state index is -1.77. The Labute approximate surface area is 211 Å². The number of benzene rings is 4. The molecule has 32 heavy (non-hydrogen) atoms. The Hall–Kier alpha value is -1.93. The third-order valence-electron chi connectivity index (χ3n) is 5.78. The quantitative estimate of drug-likeness (QED) is 0.296. The van der Waals surface area contributed by atoms with E-state index < -0.39 is 7.26 Å². The molecule has 0 radical (unpaired) electrons. The summed E-state index contributed by atoms with van der Waals surface area (Å²) in [6.45, 7) is 0. The van der Waals surface area contributed by atoms with Crippen molar-refractivity contribution in [2.75, 3.05) is 13.3 Å². The van der Waals surface area contributed by atoms with Gasteiger partial charge in [0.15, 0.2) is 0 Å². The van der Waals surface area contributed by atoms with E-state index in [1.54, 1.807) is 7.11 Å². The highest BCUT2D eigenvalue weighted by molar-refractivity contribution is 9.10. The van der Waals surface area contributed by atoms with Gasteiger partial charge < -0.3 is 21.7 Å². The number of halogens is 2. The molecule has 0 saturated carbocycles. The molecular weight excluding hydrogens is 543 g/mol. The molecule has 0 aliphatic heterocycles. The number of methoxy groups -OCH3 is 1. The normalized spacial score (nSPS) is 10.9. The van der Waals surface area contributed by atoms with E-state index in [0.29, 0.717) is 0 Å². The van der Waals surface area contributed by atoms with Crippen LogP contribution in [-0.4, -0.2) is 13.3 Å². The Morgan fingerprint density at radius 2 is 1.16 bits per heavy atom. The topological polar surface area (TPSA) is 9.23 Å². The fraction of sp³-hybridized carbons (Fsp3) is 0.143. The summed E-state index contributed by atoms with van der Waals surface area (Å²) in [6, 6.07) is 39.5. The molecule has 4 aromatic carbocycles. The van der Waals surface area contributed by atoms with Crippen LogP contribution in [0.25, 0.3) is 0 Å². The van der Waals surface area contributed by atoms with E-state index in [9.17, 15) is 0 Å². The lowest BCUT2D eigenvalue weighted by Crippen LogP contribution is -3.00. The Kier molecular flexibility index (Phi) is 9.11. The zero-order valence-corrected chi connectivity index (χ0v) is 22.2. The maximum absolute atomic E-state index is 5.45. The molecule has 164 valence electrons. The zero-order chi connectivity index (χ0) is 21.5. The van der Waals surface area contributed by atoms with Crippen LogP contribution in [0.5, 0.6) is 5.75 Å². The van der Waals surface area contributed by atoms with Gasteiger partial charge >= 0.3 is 0 Å². The van der Waals surface area contributed by atoms with Gasteiger partial charge in [-0.1, -0.05) is 70.5 Å². The number of hydrogen-bond acceptors (Lipinski definition) is 1. The lowest BCUT2D eigenvalue weighted by molar-refractivity contribution is -0.00000627. The van der Waals surface area contributed by atoms with Gasteiger partial charge in [0, 0.05) is 4.47 Å². The SMILES string of the molecule is COc1ccc(Br)c(CCC[P+](c2ccccc2)(c2ccccc2)c2ccccc2)c1.[Br-]. The van der Waals surface area contributed by atoms with Gasteiger partial charge in [-0.25, -0.2) is 0 Å². The van der Waals surface area contributed by atoms with Gasteiger partial charge in [-0.3, -0.25) is 0 Å². The summed E-state index contributed by atoms with van der Waals surface area (Å²) in [7, 11) is -0.0447. The summed E-state index contributed by atoms with van der Waals surface area (Å²) >= 11 is 3.73. The van der Waals surface area contributed by atoms with Crippen molar-refractivity contribution < 1.29 is 21.7 Å². The fourth-order valence-electron chi connectivity index (χ4n) is 4.26. The first-order valence-corrected chi connectivity index (χ1v) is 13.4. The maximum Gasteiger partial charge on any atom is 0.119 e. The molecule has 0 heterocycles. The molecule has 0 spiro atoms. The van der Waals surface area contributed by atoms with E-state index in [1.165, 1.54) is 21.5 Å². The minimum absolute atomic E-state index is 0. The predicted octanol–water partition coefficient (Wildman–Crippen LogP) is 3.39. The summed E-state index contributed by atoms with van der Waals surface area (Å²) in [6.07, 6.45) is 3.22. The first-order valence-electron chi connectivity index (χ1n) is 10.6. The van der Waals surface area contributed by atoms with Crippen molar-refractivity contribution >= 4 is 39.1 Å². The molecule has 4 rings (SSSR count). The molecule has 4 aromatic rings. The van der Waals surface area contributed by atoms with Crippen LogP contribution in [0.15, 0.2) is 114 Å². The van der Waals surface area contributed by atoms with E-state index in [2.05, 4.69) is 119 Å². The average Bonchev–Trinajstić information content (AvgIpc) is 2.85. The minimum Gasteiger partial charge on any atom is -1.00 e. The second kappa shape index (κ2) is 11.8. The van der Waals surface area contributed by atoms with Crippen LogP contribution in [0.3, 0.4) is 0 Å². The van der Waals surface area contributed by atoms with Crippen LogP contribution in [0.2, 0.25) is 0 Å². The lowest BCUT2D eigenvalue weighted by Gasteiger charge is -2.27. The summed E-state index contributed by atoms with van der Waals surface area (Å²) in [5.41, 5.74) is 1.30. The van der Waals surface area contributed by atoms with Crippen LogP contribution < -0.4 is 37.6 Å². The van der Waals surface area contributed by atoms with Gasteiger partial charge in [-0.2, -0.15) is 0 Å². The van der Waals surface area contributed by atoms with Gasteiger partial charge in [-0.05, 0) is 73.0 Å². The highest BCUT2D eigenvalue weighted by atomic mass is 79.9. The summed E-state index contributed by atoms with van der Waals surface area (Å²) < 4.78 is 6.60. The van der Waals surface area contributed by atoms with Gasteiger partial charge in [0.2, 0.25) is 0 Å². The highest BCUT2D eigenvalue weighted by Gasteiger charge is 2.44. The van der Waals surface area contributed by atoms with Crippen LogP contribution in [-0.2, 0) is 6.42 Å². The molecule has 0 aliphatic carbocycles. The Balaban J connectivity index is 0.00000289. The molecule has 0 bridgehead atoms. The molecule has 0 fully saturated rings. The molecule has 0 saturated heterocycles. The molecule has 0 amide bonds. The van der Waals surface area contributed by atoms with Gasteiger partial charge in [0.05, 0.1) is 13.3 Å². The van der Waals surface area contributed by atoms with E-state index in [1.807, 2.05) is 6.07 Å². The lowest BCUT2D eigenvalue weighted by atomic mass is 10.1. The Morgan fingerprint density at radius 3 is 1.59 bits per heavy atom. The standard InChI is InChI=1S/C28H27BrOP.BrH/c1-30-24-19-20-28(29)23(22-24)12-11-21-31(25-13-5-2-6-14-25,26-15-7-3-8-16-26)27-17-9-4-10-18-27;/h2-10,13-20,22H,11-12,21H2,1H3;1H/q+1;/p-1. The molecule has 0 atom stereocenters. The zero-order valence-electron chi connectivity index (χ0n) is 18.1. The van der Waals surface area contributed by atoms with Crippen molar-refractivity contribution in [3.63, 3.8) is 0 Å². The van der Waals surface area contributed by atoms with Crippen molar-refractivity contribution in [3.05, 3.63) is 119 Å². The molecule has 0 aliphatic rings. The number of aryl methyl sites for hydroxylation is 1. The first kappa shape index (κ1) is 24.7. The Bertz CT molecular complexity index is 1010. The molecule has 0 N–H and O–H groups in total. The first-order chi connectivity index (χ1) is 15.2. The van der Waals surface area contributed by atoms with E-state index in [0.717, 1.165) is 29.2 Å². The molecule has 0 unspecified atom stereocenters. The molecular formula is C28H27Br2OP. The second-order valence-electron chi connectivity index (χ2n) is 7.60. The smallest absolute Gasteiger partial charge is 0.119 e. The van der Waals surface area contributed by atoms with Crippen molar-refractivity contribution in [3.8, 4) is 5.75 Å². The van der Waals surface area contributed by atoms with Crippen molar-refractivity contribution in [1.29, 1.82) is 0 Å². The number of rotatable bonds is 8. The largest absolute Gasteiger partial charge is 1.00 e. The van der Waals surface area contributed by atoms with Gasteiger partial charge in [0.25, 0.3) is 0 Å². The van der Waals surface area contributed by atoms with E-state index >= 15 is 0 Å². The Morgan fingerprint density at radius 1 is 0.688 bits per heavy atom. The van der Waals surface area contributed by atoms with Crippen molar-refractivity contribution in [2.24, 2.45) is 0 Å². The van der Waals surface area contributed by atoms with Crippen molar-refractivity contribution in [1.82, 2.24) is 0 Å². The summed E-state index contributed by atoms with van der Waals surface area (Å²) in [5.74, 6) is 0.911. The van der Waals surface area contributed by atoms with Crippen molar-refractivity contribution in [2.45, 2.75) is 12.8 Å². The molecule has 1 nitrogen and oxygen atoms in total. The van der Waals surface area contributed by atoms with Gasteiger partial charge in [0.1, 0.15) is 28.9 Å². The van der Waals surface area contributed by atoms with Crippen LogP contribution in [0, 0.1) is 0 Å². The van der Waals surface area contributed by atoms with Crippen LogP contribution in [0.4, 0.5) is 0 Å². The van der Waals surface area contributed by atoms with Crippen LogP contribution in [0.1, 0.15) is 12.0 Å². The second-order valence-corrected chi connectivity index (χ2v) is 12.1. The third-order valence-corrected chi connectivity index (χ3v) is 11.1. The monoisotopic (exact) mass is 568 g/mol. The summed E-state index contributed by atoms with van der Waals surface area (Å²) in [4.78, 5) is 0. The van der Waals surface area contributed by atoms with E-state index in [-0.39, 0.29) is 17.0 Å². The predicted molar refractivity (Wildman–Crippen MR) is 139 cm³/mol. The third kappa shape index (κ3) is 5.34. The maximum atomic E-state index is 5.45. The number of ether oxygens (including phenoxy) is 1. The van der Waals surface area contributed by atoms with E-state index in [4.69, 9.17) is 4.74 Å². The fourth-order valence-corrected chi connectivity index (χ4v) is 9.05. The molecule has 0 aromatic heterocycles. The summed E-state index contributed by atoms with van der Waals surface area (Å²) in [5, 5.41) is 4.33. The number of hydrogen-bond donors (Lipinski definition) is 0. The van der Waals surface area contributed by atoms with Gasteiger partial charge in [-0.15, -0.1) is 0 Å². The average molecular weight is 570 g/mol. The van der Waals surface area contributed by atoms with Crippen LogP contribution >= 0.6 is 23.2 Å².